The zero-order valence-electron chi connectivity index (χ0n) is 10.5. The average molecular weight is 340 g/mol. The lowest BCUT2D eigenvalue weighted by atomic mass is 9.99. The van der Waals surface area contributed by atoms with Crippen LogP contribution in [0.25, 0.3) is 0 Å². The summed E-state index contributed by atoms with van der Waals surface area (Å²) >= 11 is 5.04. The molecule has 3 nitrogen and oxygen atoms in total. The molecule has 0 amide bonds. The van der Waals surface area contributed by atoms with Crippen LogP contribution in [0.1, 0.15) is 18.7 Å². The number of nitrogens with one attached hydrogen (secondary N) is 1. The van der Waals surface area contributed by atoms with Crippen molar-refractivity contribution in [1.29, 1.82) is 0 Å². The van der Waals surface area contributed by atoms with Crippen LogP contribution < -0.4 is 5.32 Å². The zero-order chi connectivity index (χ0) is 13.3. The summed E-state index contributed by atoms with van der Waals surface area (Å²) in [4.78, 5) is 1.17. The number of rotatable bonds is 5. The molecule has 1 rings (SSSR count). The number of hydrogen-bond donors (Lipinski definition) is 1. The molecular formula is C11H18BrNO2S2. The van der Waals surface area contributed by atoms with E-state index in [1.165, 1.54) is 11.1 Å². The van der Waals surface area contributed by atoms with E-state index < -0.39 is 14.6 Å². The molecule has 0 bridgehead atoms. The minimum Gasteiger partial charge on any atom is -0.315 e. The molecule has 0 spiro atoms. The first-order chi connectivity index (χ1) is 7.68. The van der Waals surface area contributed by atoms with E-state index in [-0.39, 0.29) is 6.04 Å². The summed E-state index contributed by atoms with van der Waals surface area (Å²) in [6, 6.07) is 1.94. The van der Waals surface area contributed by atoms with Crippen LogP contribution in [0.3, 0.4) is 0 Å². The lowest BCUT2D eigenvalue weighted by molar-refractivity contribution is 0.432. The lowest BCUT2D eigenvalue weighted by Gasteiger charge is -2.32. The number of hydrogen-bond acceptors (Lipinski definition) is 4. The molecule has 6 heteroatoms. The van der Waals surface area contributed by atoms with Crippen molar-refractivity contribution in [3.63, 3.8) is 0 Å². The van der Waals surface area contributed by atoms with Gasteiger partial charge in [-0.25, -0.2) is 8.42 Å². The number of halogens is 1. The molecule has 0 radical (unpaired) electrons. The van der Waals surface area contributed by atoms with Gasteiger partial charge < -0.3 is 5.32 Å². The van der Waals surface area contributed by atoms with Gasteiger partial charge in [-0.2, -0.15) is 0 Å². The van der Waals surface area contributed by atoms with Crippen LogP contribution in [0, 0.1) is 0 Å². The van der Waals surface area contributed by atoms with Gasteiger partial charge in [0.1, 0.15) is 0 Å². The van der Waals surface area contributed by atoms with Gasteiger partial charge in [0, 0.05) is 27.0 Å². The van der Waals surface area contributed by atoms with Crippen LogP contribution in [0.2, 0.25) is 0 Å². The molecule has 0 saturated heterocycles. The summed E-state index contributed by atoms with van der Waals surface area (Å²) in [5.74, 6) is 0. The summed E-state index contributed by atoms with van der Waals surface area (Å²) in [5.41, 5.74) is 0. The Morgan fingerprint density at radius 3 is 2.47 bits per heavy atom. The van der Waals surface area contributed by atoms with Crippen molar-refractivity contribution < 1.29 is 8.42 Å². The van der Waals surface area contributed by atoms with Crippen LogP contribution in [0.4, 0.5) is 0 Å². The summed E-state index contributed by atoms with van der Waals surface area (Å²) in [6.45, 7) is 3.54. The van der Waals surface area contributed by atoms with Crippen molar-refractivity contribution in [1.82, 2.24) is 5.32 Å². The number of thiophene rings is 1. The van der Waals surface area contributed by atoms with Gasteiger partial charge in [0.25, 0.3) is 0 Å². The fraction of sp³-hybridized carbons (Fsp3) is 0.636. The minimum absolute atomic E-state index is 0.0944. The average Bonchev–Trinajstić information content (AvgIpc) is 2.58. The molecular weight excluding hydrogens is 322 g/mol. The van der Waals surface area contributed by atoms with Crippen molar-refractivity contribution in [3.05, 3.63) is 20.8 Å². The lowest BCUT2D eigenvalue weighted by Crippen LogP contribution is -2.51. The fourth-order valence-electron chi connectivity index (χ4n) is 1.62. The summed E-state index contributed by atoms with van der Waals surface area (Å²) in [5, 5.41) is 5.13. The molecule has 1 aromatic rings. The highest BCUT2D eigenvalue weighted by molar-refractivity contribution is 9.10. The predicted octanol–water partition coefficient (Wildman–Crippen LogP) is 2.46. The van der Waals surface area contributed by atoms with Gasteiger partial charge in [0.2, 0.25) is 0 Å². The topological polar surface area (TPSA) is 46.2 Å². The second kappa shape index (κ2) is 5.38. The van der Waals surface area contributed by atoms with E-state index in [4.69, 9.17) is 0 Å². The van der Waals surface area contributed by atoms with Gasteiger partial charge in [-0.15, -0.1) is 11.3 Å². The van der Waals surface area contributed by atoms with Crippen LogP contribution in [-0.4, -0.2) is 32.5 Å². The highest BCUT2D eigenvalue weighted by atomic mass is 79.9. The van der Waals surface area contributed by atoms with E-state index in [0.717, 1.165) is 4.47 Å². The van der Waals surface area contributed by atoms with Crippen molar-refractivity contribution >= 4 is 37.1 Å². The normalized spacial score (nSPS) is 14.9. The van der Waals surface area contributed by atoms with Gasteiger partial charge >= 0.3 is 0 Å². The van der Waals surface area contributed by atoms with E-state index in [9.17, 15) is 8.42 Å². The second-order valence-electron chi connectivity index (χ2n) is 4.65. The van der Waals surface area contributed by atoms with Gasteiger partial charge in [0.15, 0.2) is 9.84 Å². The Balaban J connectivity index is 2.93. The van der Waals surface area contributed by atoms with Crippen LogP contribution in [0.15, 0.2) is 15.9 Å². The molecule has 0 aromatic carbocycles. The Kier molecular flexibility index (Phi) is 4.80. The van der Waals surface area contributed by atoms with Crippen molar-refractivity contribution in [2.24, 2.45) is 0 Å². The standard InChI is InChI=1S/C11H18BrNO2S2/c1-11(2,17(4,14)15)10(13-3)6-9-5-8(12)7-16-9/h5,7,10,13H,6H2,1-4H3. The van der Waals surface area contributed by atoms with Crippen molar-refractivity contribution in [2.45, 2.75) is 31.1 Å². The van der Waals surface area contributed by atoms with E-state index >= 15 is 0 Å². The maximum atomic E-state index is 11.8. The Morgan fingerprint density at radius 2 is 2.12 bits per heavy atom. The number of sulfone groups is 1. The molecule has 17 heavy (non-hydrogen) atoms. The van der Waals surface area contributed by atoms with Gasteiger partial charge in [-0.1, -0.05) is 0 Å². The van der Waals surface area contributed by atoms with Crippen LogP contribution in [-0.2, 0) is 16.3 Å². The summed E-state index contributed by atoms with van der Waals surface area (Å²) in [6.07, 6.45) is 2.01. The van der Waals surface area contributed by atoms with E-state index in [2.05, 4.69) is 21.2 Å². The molecule has 1 heterocycles. The third-order valence-corrected chi connectivity index (χ3v) is 7.09. The first-order valence-corrected chi connectivity index (χ1v) is 8.84. The van der Waals surface area contributed by atoms with Gasteiger partial charge in [-0.05, 0) is 49.3 Å². The van der Waals surface area contributed by atoms with E-state index in [1.807, 2.05) is 11.4 Å². The first-order valence-electron chi connectivity index (χ1n) is 5.28. The third-order valence-electron chi connectivity index (χ3n) is 3.17. The molecule has 98 valence electrons. The van der Waals surface area contributed by atoms with Crippen molar-refractivity contribution in [3.8, 4) is 0 Å². The van der Waals surface area contributed by atoms with E-state index in [0.29, 0.717) is 6.42 Å². The smallest absolute Gasteiger partial charge is 0.154 e. The summed E-state index contributed by atoms with van der Waals surface area (Å²) < 4.78 is 23.9. The molecule has 0 aliphatic heterocycles. The number of likely N-dealkylation sites (N-methyl/N-ethyl adjacent to an activating group) is 1. The zero-order valence-corrected chi connectivity index (χ0v) is 13.7. The molecule has 1 aromatic heterocycles. The second-order valence-corrected chi connectivity index (χ2v) is 9.16. The minimum atomic E-state index is -3.10. The molecule has 0 saturated carbocycles. The molecule has 1 atom stereocenters. The monoisotopic (exact) mass is 339 g/mol. The van der Waals surface area contributed by atoms with Crippen LogP contribution in [0.5, 0.6) is 0 Å². The quantitative estimate of drug-likeness (QED) is 0.896. The highest BCUT2D eigenvalue weighted by Crippen LogP contribution is 2.27. The van der Waals surface area contributed by atoms with Crippen molar-refractivity contribution in [2.75, 3.05) is 13.3 Å². The summed E-state index contributed by atoms with van der Waals surface area (Å²) in [7, 11) is -1.29. The van der Waals surface area contributed by atoms with Gasteiger partial charge in [-0.3, -0.25) is 0 Å². The molecule has 0 aliphatic rings. The maximum absolute atomic E-state index is 11.8. The fourth-order valence-corrected chi connectivity index (χ4v) is 3.83. The molecule has 0 aliphatic carbocycles. The Hall–Kier alpha value is 0.0900. The SMILES string of the molecule is CNC(Cc1cc(Br)cs1)C(C)(C)S(C)(=O)=O. The maximum Gasteiger partial charge on any atom is 0.154 e. The molecule has 1 N–H and O–H groups in total. The Morgan fingerprint density at radius 1 is 1.53 bits per heavy atom. The first kappa shape index (κ1) is 15.1. The Labute approximate surface area is 116 Å². The highest BCUT2D eigenvalue weighted by Gasteiger charge is 2.38. The largest absolute Gasteiger partial charge is 0.315 e. The van der Waals surface area contributed by atoms with Crippen LogP contribution >= 0.6 is 27.3 Å². The van der Waals surface area contributed by atoms with Gasteiger partial charge in [0.05, 0.1) is 4.75 Å². The molecule has 0 fully saturated rings. The Bertz CT molecular complexity index is 479. The third kappa shape index (κ3) is 3.53. The molecule has 1 unspecified atom stereocenters. The predicted molar refractivity (Wildman–Crippen MR) is 77.5 cm³/mol. The van der Waals surface area contributed by atoms with E-state index in [1.54, 1.807) is 32.2 Å².